The van der Waals surface area contributed by atoms with E-state index in [4.69, 9.17) is 0 Å². The SMILES string of the molecule is Fc1ccccc1[C@@H]1c2[nH]c3ccccc3c2CCN1CCCn1cccn1. The summed E-state index contributed by atoms with van der Waals surface area (Å²) in [5.74, 6) is -0.143. The molecule has 1 aliphatic heterocycles. The molecule has 0 spiro atoms. The first-order valence-electron chi connectivity index (χ1n) is 9.86. The molecule has 0 unspecified atom stereocenters. The predicted molar refractivity (Wildman–Crippen MR) is 109 cm³/mol. The number of nitrogens with one attached hydrogen (secondary N) is 1. The minimum Gasteiger partial charge on any atom is -0.357 e. The lowest BCUT2D eigenvalue weighted by molar-refractivity contribution is 0.200. The topological polar surface area (TPSA) is 36.9 Å². The number of halogens is 1. The summed E-state index contributed by atoms with van der Waals surface area (Å²) in [6.45, 7) is 2.69. The van der Waals surface area contributed by atoms with Crippen LogP contribution in [0.2, 0.25) is 0 Å². The van der Waals surface area contributed by atoms with Gasteiger partial charge in [-0.05, 0) is 36.6 Å². The van der Waals surface area contributed by atoms with Crippen LogP contribution in [0.5, 0.6) is 0 Å². The Bertz CT molecular complexity index is 1080. The molecule has 4 nitrogen and oxygen atoms in total. The molecular weight excluding hydrogens is 351 g/mol. The quantitative estimate of drug-likeness (QED) is 0.557. The first kappa shape index (κ1) is 17.2. The third-order valence-corrected chi connectivity index (χ3v) is 5.73. The van der Waals surface area contributed by atoms with Gasteiger partial charge in [-0.3, -0.25) is 9.58 Å². The number of aromatic nitrogens is 3. The highest BCUT2D eigenvalue weighted by molar-refractivity contribution is 5.85. The van der Waals surface area contributed by atoms with E-state index in [1.807, 2.05) is 35.1 Å². The monoisotopic (exact) mass is 374 g/mol. The second-order valence-electron chi connectivity index (χ2n) is 7.40. The molecule has 5 heteroatoms. The van der Waals surface area contributed by atoms with Gasteiger partial charge in [0.05, 0.1) is 6.04 Å². The maximum Gasteiger partial charge on any atom is 0.128 e. The first-order chi connectivity index (χ1) is 13.8. The van der Waals surface area contributed by atoms with Crippen LogP contribution in [0.4, 0.5) is 4.39 Å². The number of hydrogen-bond donors (Lipinski definition) is 1. The van der Waals surface area contributed by atoms with E-state index in [1.54, 1.807) is 18.3 Å². The van der Waals surface area contributed by atoms with Gasteiger partial charge in [-0.25, -0.2) is 4.39 Å². The Morgan fingerprint density at radius 2 is 1.89 bits per heavy atom. The highest BCUT2D eigenvalue weighted by atomic mass is 19.1. The number of benzene rings is 2. The van der Waals surface area contributed by atoms with Gasteiger partial charge in [0.15, 0.2) is 0 Å². The van der Waals surface area contributed by atoms with Crippen molar-refractivity contribution in [1.82, 2.24) is 19.7 Å². The fourth-order valence-electron chi connectivity index (χ4n) is 4.45. The molecule has 4 aromatic rings. The van der Waals surface area contributed by atoms with E-state index in [9.17, 15) is 4.39 Å². The maximum absolute atomic E-state index is 14.8. The number of rotatable bonds is 5. The van der Waals surface area contributed by atoms with E-state index in [-0.39, 0.29) is 11.9 Å². The van der Waals surface area contributed by atoms with Crippen LogP contribution in [-0.4, -0.2) is 32.8 Å². The molecule has 0 bridgehead atoms. The van der Waals surface area contributed by atoms with Crippen LogP contribution in [0, 0.1) is 5.82 Å². The van der Waals surface area contributed by atoms with Crippen LogP contribution >= 0.6 is 0 Å². The lowest BCUT2D eigenvalue weighted by Crippen LogP contribution is -2.37. The van der Waals surface area contributed by atoms with Gasteiger partial charge in [0.2, 0.25) is 0 Å². The molecule has 0 amide bonds. The normalized spacial score (nSPS) is 17.1. The van der Waals surface area contributed by atoms with Gasteiger partial charge >= 0.3 is 0 Å². The summed E-state index contributed by atoms with van der Waals surface area (Å²) in [5, 5.41) is 5.55. The Morgan fingerprint density at radius 3 is 2.75 bits per heavy atom. The van der Waals surface area contributed by atoms with Gasteiger partial charge in [-0.2, -0.15) is 5.10 Å². The van der Waals surface area contributed by atoms with Gasteiger partial charge in [0.1, 0.15) is 5.82 Å². The molecule has 0 radical (unpaired) electrons. The molecular formula is C23H23FN4. The number of H-pyrrole nitrogens is 1. The minimum absolute atomic E-state index is 0.0880. The van der Waals surface area contributed by atoms with Crippen molar-refractivity contribution in [2.75, 3.05) is 13.1 Å². The van der Waals surface area contributed by atoms with Crippen molar-refractivity contribution >= 4 is 10.9 Å². The van der Waals surface area contributed by atoms with Crippen LogP contribution in [0.3, 0.4) is 0 Å². The smallest absolute Gasteiger partial charge is 0.128 e. The van der Waals surface area contributed by atoms with E-state index in [2.05, 4.69) is 33.2 Å². The Kier molecular flexibility index (Phi) is 4.45. The molecule has 1 aliphatic rings. The van der Waals surface area contributed by atoms with Gasteiger partial charge in [-0.15, -0.1) is 0 Å². The first-order valence-corrected chi connectivity index (χ1v) is 9.86. The Labute approximate surface area is 163 Å². The van der Waals surface area contributed by atoms with Crippen molar-refractivity contribution in [3.8, 4) is 0 Å². The van der Waals surface area contributed by atoms with Crippen molar-refractivity contribution in [3.05, 3.63) is 89.6 Å². The second kappa shape index (κ2) is 7.24. The Hall–Kier alpha value is -2.92. The lowest BCUT2D eigenvalue weighted by atomic mass is 9.92. The second-order valence-corrected chi connectivity index (χ2v) is 7.40. The summed E-state index contributed by atoms with van der Waals surface area (Å²) < 4.78 is 16.7. The zero-order valence-electron chi connectivity index (χ0n) is 15.7. The number of aromatic amines is 1. The van der Waals surface area contributed by atoms with Crippen LogP contribution < -0.4 is 0 Å². The molecule has 0 saturated heterocycles. The number of fused-ring (bicyclic) bond motifs is 3. The minimum atomic E-state index is -0.143. The molecule has 142 valence electrons. The summed E-state index contributed by atoms with van der Waals surface area (Å²) in [7, 11) is 0. The number of aryl methyl sites for hydroxylation is 1. The highest BCUT2D eigenvalue weighted by Gasteiger charge is 2.32. The van der Waals surface area contributed by atoms with Crippen molar-refractivity contribution < 1.29 is 4.39 Å². The molecule has 0 aliphatic carbocycles. The van der Waals surface area contributed by atoms with E-state index in [1.165, 1.54) is 10.9 Å². The van der Waals surface area contributed by atoms with Crippen molar-refractivity contribution in [2.24, 2.45) is 0 Å². The van der Waals surface area contributed by atoms with Crippen LogP contribution in [0.1, 0.15) is 29.3 Å². The summed E-state index contributed by atoms with van der Waals surface area (Å²) in [6.07, 6.45) is 5.74. The Balaban J connectivity index is 1.51. The molecule has 2 aromatic carbocycles. The van der Waals surface area contributed by atoms with E-state index in [0.29, 0.717) is 0 Å². The molecule has 2 aromatic heterocycles. The standard InChI is InChI=1S/C23H23FN4/c24-20-9-3-1-8-19(20)23-22-18(17-7-2-4-10-21(17)26-22)11-16-27(23)13-6-15-28-14-5-12-25-28/h1-5,7-10,12,14,23,26H,6,11,13,15-16H2/t23-/m1/s1. The van der Waals surface area contributed by atoms with Crippen molar-refractivity contribution in [2.45, 2.75) is 25.4 Å². The number of nitrogens with zero attached hydrogens (tertiary/aromatic N) is 3. The Morgan fingerprint density at radius 1 is 1.04 bits per heavy atom. The van der Waals surface area contributed by atoms with Gasteiger partial charge in [0.25, 0.3) is 0 Å². The average Bonchev–Trinajstić information content (AvgIpc) is 3.36. The third kappa shape index (κ3) is 3.02. The highest BCUT2D eigenvalue weighted by Crippen LogP contribution is 2.39. The van der Waals surface area contributed by atoms with E-state index < -0.39 is 0 Å². The molecule has 1 atom stereocenters. The van der Waals surface area contributed by atoms with Crippen LogP contribution in [0.15, 0.2) is 67.0 Å². The van der Waals surface area contributed by atoms with Gasteiger partial charge in [-0.1, -0.05) is 36.4 Å². The fraction of sp³-hybridized carbons (Fsp3) is 0.261. The molecule has 28 heavy (non-hydrogen) atoms. The lowest BCUT2D eigenvalue weighted by Gasteiger charge is -2.36. The van der Waals surface area contributed by atoms with Crippen molar-refractivity contribution in [1.29, 1.82) is 0 Å². The molecule has 5 rings (SSSR count). The van der Waals surface area contributed by atoms with Crippen LogP contribution in [-0.2, 0) is 13.0 Å². The summed E-state index contributed by atoms with van der Waals surface area (Å²) in [6, 6.07) is 17.4. The zero-order chi connectivity index (χ0) is 18.9. The molecule has 3 heterocycles. The van der Waals surface area contributed by atoms with Gasteiger partial charge < -0.3 is 4.98 Å². The fourth-order valence-corrected chi connectivity index (χ4v) is 4.45. The van der Waals surface area contributed by atoms with Gasteiger partial charge in [0, 0.05) is 54.2 Å². The molecule has 0 saturated carbocycles. The number of hydrogen-bond acceptors (Lipinski definition) is 2. The predicted octanol–water partition coefficient (Wildman–Crippen LogP) is 4.54. The van der Waals surface area contributed by atoms with E-state index >= 15 is 0 Å². The van der Waals surface area contributed by atoms with Crippen molar-refractivity contribution in [3.63, 3.8) is 0 Å². The third-order valence-electron chi connectivity index (χ3n) is 5.73. The summed E-state index contributed by atoms with van der Waals surface area (Å²) in [5.41, 5.74) is 4.34. The maximum atomic E-state index is 14.8. The molecule has 0 fully saturated rings. The molecule has 1 N–H and O–H groups in total. The summed E-state index contributed by atoms with van der Waals surface area (Å²) in [4.78, 5) is 6.00. The van der Waals surface area contributed by atoms with E-state index in [0.717, 1.165) is 49.2 Å². The summed E-state index contributed by atoms with van der Waals surface area (Å²) >= 11 is 0. The van der Waals surface area contributed by atoms with Crippen LogP contribution in [0.25, 0.3) is 10.9 Å². The average molecular weight is 374 g/mol. The zero-order valence-corrected chi connectivity index (χ0v) is 15.7. The number of para-hydroxylation sites is 1. The largest absolute Gasteiger partial charge is 0.357 e.